The fourth-order valence-corrected chi connectivity index (χ4v) is 2.10. The zero-order chi connectivity index (χ0) is 11.3. The van der Waals surface area contributed by atoms with Gasteiger partial charge in [0, 0.05) is 0 Å². The molecule has 1 aromatic carbocycles. The van der Waals surface area contributed by atoms with Crippen LogP contribution in [0.1, 0.15) is 45.1 Å². The molecular weight excluding hydrogens is 184 g/mol. The van der Waals surface area contributed by atoms with Gasteiger partial charge in [-0.05, 0) is 36.0 Å². The molecule has 1 rings (SSSR count). The van der Waals surface area contributed by atoms with Crippen LogP contribution in [0.4, 0.5) is 0 Å². The van der Waals surface area contributed by atoms with E-state index in [2.05, 4.69) is 45.0 Å². The van der Waals surface area contributed by atoms with Gasteiger partial charge in [-0.1, -0.05) is 39.3 Å². The Bertz CT molecular complexity index is 276. The summed E-state index contributed by atoms with van der Waals surface area (Å²) in [5, 5.41) is 0. The van der Waals surface area contributed by atoms with Crippen LogP contribution < -0.4 is 4.74 Å². The van der Waals surface area contributed by atoms with E-state index in [0.29, 0.717) is 5.92 Å². The molecule has 0 amide bonds. The quantitative estimate of drug-likeness (QED) is 0.700. The predicted molar refractivity (Wildman–Crippen MR) is 65.5 cm³/mol. The molecule has 0 spiro atoms. The van der Waals surface area contributed by atoms with Crippen LogP contribution >= 0.6 is 0 Å². The molecule has 0 radical (unpaired) electrons. The monoisotopic (exact) mass is 206 g/mol. The van der Waals surface area contributed by atoms with Gasteiger partial charge in [-0.2, -0.15) is 0 Å². The molecule has 1 heteroatoms. The molecule has 2 unspecified atom stereocenters. The number of methoxy groups -OCH3 is 1. The van der Waals surface area contributed by atoms with Crippen LogP contribution in [0.25, 0.3) is 0 Å². The molecule has 0 aliphatic heterocycles. The lowest BCUT2D eigenvalue weighted by atomic mass is 9.84. The SMILES string of the molecule is CCC(C)C(CC)c1ccc(OC)cc1. The van der Waals surface area contributed by atoms with E-state index in [1.807, 2.05) is 0 Å². The Balaban J connectivity index is 2.83. The topological polar surface area (TPSA) is 9.23 Å². The minimum atomic E-state index is 0.681. The van der Waals surface area contributed by atoms with Gasteiger partial charge >= 0.3 is 0 Å². The molecule has 0 saturated heterocycles. The molecule has 0 aromatic heterocycles. The summed E-state index contributed by atoms with van der Waals surface area (Å²) in [6.45, 7) is 6.86. The van der Waals surface area contributed by atoms with Crippen LogP contribution in [-0.2, 0) is 0 Å². The van der Waals surface area contributed by atoms with Gasteiger partial charge in [0.2, 0.25) is 0 Å². The molecule has 0 heterocycles. The molecule has 0 N–H and O–H groups in total. The summed E-state index contributed by atoms with van der Waals surface area (Å²) in [5.41, 5.74) is 1.44. The van der Waals surface area contributed by atoms with E-state index in [1.54, 1.807) is 7.11 Å². The lowest BCUT2D eigenvalue weighted by molar-refractivity contribution is 0.412. The van der Waals surface area contributed by atoms with Crippen molar-refractivity contribution in [2.75, 3.05) is 7.11 Å². The van der Waals surface area contributed by atoms with Crippen LogP contribution in [-0.4, -0.2) is 7.11 Å². The van der Waals surface area contributed by atoms with E-state index in [-0.39, 0.29) is 0 Å². The van der Waals surface area contributed by atoms with E-state index >= 15 is 0 Å². The van der Waals surface area contributed by atoms with Crippen molar-refractivity contribution in [1.82, 2.24) is 0 Å². The van der Waals surface area contributed by atoms with Crippen LogP contribution in [0.3, 0.4) is 0 Å². The van der Waals surface area contributed by atoms with Crippen molar-refractivity contribution in [1.29, 1.82) is 0 Å². The highest BCUT2D eigenvalue weighted by Crippen LogP contribution is 2.30. The highest BCUT2D eigenvalue weighted by molar-refractivity contribution is 5.29. The molecule has 0 aliphatic carbocycles. The molecule has 2 atom stereocenters. The summed E-state index contributed by atoms with van der Waals surface area (Å²) in [4.78, 5) is 0. The van der Waals surface area contributed by atoms with E-state index in [9.17, 15) is 0 Å². The van der Waals surface area contributed by atoms with E-state index < -0.39 is 0 Å². The number of benzene rings is 1. The van der Waals surface area contributed by atoms with Crippen molar-refractivity contribution in [3.05, 3.63) is 29.8 Å². The molecule has 0 bridgehead atoms. The second kappa shape index (κ2) is 5.79. The Morgan fingerprint density at radius 1 is 1.07 bits per heavy atom. The molecular formula is C14H22O. The molecule has 0 aliphatic rings. The fraction of sp³-hybridized carbons (Fsp3) is 0.571. The summed E-state index contributed by atoms with van der Waals surface area (Å²) in [5.74, 6) is 2.38. The molecule has 0 fully saturated rings. The minimum Gasteiger partial charge on any atom is -0.497 e. The van der Waals surface area contributed by atoms with Gasteiger partial charge < -0.3 is 4.74 Å². The number of hydrogen-bond acceptors (Lipinski definition) is 1. The Labute approximate surface area is 93.5 Å². The van der Waals surface area contributed by atoms with Gasteiger partial charge in [-0.25, -0.2) is 0 Å². The second-order valence-corrected chi connectivity index (χ2v) is 4.17. The van der Waals surface area contributed by atoms with Crippen molar-refractivity contribution < 1.29 is 4.74 Å². The maximum absolute atomic E-state index is 5.17. The first-order valence-corrected chi connectivity index (χ1v) is 5.86. The number of ether oxygens (including phenoxy) is 1. The molecule has 1 nitrogen and oxygen atoms in total. The average Bonchev–Trinajstić information content (AvgIpc) is 2.30. The van der Waals surface area contributed by atoms with Gasteiger partial charge in [-0.15, -0.1) is 0 Å². The maximum Gasteiger partial charge on any atom is 0.118 e. The number of rotatable bonds is 5. The predicted octanol–water partition coefficient (Wildman–Crippen LogP) is 4.23. The van der Waals surface area contributed by atoms with Crippen LogP contribution in [0, 0.1) is 5.92 Å². The van der Waals surface area contributed by atoms with E-state index in [1.165, 1.54) is 18.4 Å². The molecule has 0 saturated carbocycles. The van der Waals surface area contributed by atoms with Crippen LogP contribution in [0.5, 0.6) is 5.75 Å². The summed E-state index contributed by atoms with van der Waals surface area (Å²) in [6, 6.07) is 8.50. The van der Waals surface area contributed by atoms with Gasteiger partial charge in [0.1, 0.15) is 5.75 Å². The van der Waals surface area contributed by atoms with Gasteiger partial charge in [0.05, 0.1) is 7.11 Å². The first-order valence-electron chi connectivity index (χ1n) is 5.86. The second-order valence-electron chi connectivity index (χ2n) is 4.17. The zero-order valence-corrected chi connectivity index (χ0v) is 10.3. The number of hydrogen-bond donors (Lipinski definition) is 0. The third kappa shape index (κ3) is 2.98. The van der Waals surface area contributed by atoms with Crippen molar-refractivity contribution in [2.45, 2.75) is 39.5 Å². The zero-order valence-electron chi connectivity index (χ0n) is 10.3. The summed E-state index contributed by atoms with van der Waals surface area (Å²) < 4.78 is 5.17. The normalized spacial score (nSPS) is 14.7. The fourth-order valence-electron chi connectivity index (χ4n) is 2.10. The smallest absolute Gasteiger partial charge is 0.118 e. The highest BCUT2D eigenvalue weighted by Gasteiger charge is 2.15. The first kappa shape index (κ1) is 12.1. The van der Waals surface area contributed by atoms with E-state index in [0.717, 1.165) is 11.7 Å². The van der Waals surface area contributed by atoms with Crippen LogP contribution in [0.15, 0.2) is 24.3 Å². The standard InChI is InChI=1S/C14H22O/c1-5-11(3)14(6-2)12-7-9-13(15-4)10-8-12/h7-11,14H,5-6H2,1-4H3. The first-order chi connectivity index (χ1) is 7.22. The Morgan fingerprint density at radius 2 is 1.67 bits per heavy atom. The average molecular weight is 206 g/mol. The Kier molecular flexibility index (Phi) is 4.67. The lowest BCUT2D eigenvalue weighted by Crippen LogP contribution is -2.07. The summed E-state index contributed by atoms with van der Waals surface area (Å²) >= 11 is 0. The molecule has 84 valence electrons. The summed E-state index contributed by atoms with van der Waals surface area (Å²) in [7, 11) is 1.71. The van der Waals surface area contributed by atoms with Crippen LogP contribution in [0.2, 0.25) is 0 Å². The third-order valence-corrected chi connectivity index (χ3v) is 3.31. The van der Waals surface area contributed by atoms with E-state index in [4.69, 9.17) is 4.74 Å². The van der Waals surface area contributed by atoms with Gasteiger partial charge in [0.15, 0.2) is 0 Å². The minimum absolute atomic E-state index is 0.681. The highest BCUT2D eigenvalue weighted by atomic mass is 16.5. The van der Waals surface area contributed by atoms with Gasteiger partial charge in [-0.3, -0.25) is 0 Å². The lowest BCUT2D eigenvalue weighted by Gasteiger charge is -2.22. The van der Waals surface area contributed by atoms with Crippen molar-refractivity contribution >= 4 is 0 Å². The van der Waals surface area contributed by atoms with Crippen molar-refractivity contribution in [3.63, 3.8) is 0 Å². The van der Waals surface area contributed by atoms with Crippen molar-refractivity contribution in [2.24, 2.45) is 5.92 Å². The Hall–Kier alpha value is -0.980. The van der Waals surface area contributed by atoms with Crippen molar-refractivity contribution in [3.8, 4) is 5.75 Å². The van der Waals surface area contributed by atoms with Gasteiger partial charge in [0.25, 0.3) is 0 Å². The molecule has 1 aromatic rings. The molecule has 15 heavy (non-hydrogen) atoms. The maximum atomic E-state index is 5.17. The Morgan fingerprint density at radius 3 is 2.07 bits per heavy atom. The third-order valence-electron chi connectivity index (χ3n) is 3.31. The summed E-state index contributed by atoms with van der Waals surface area (Å²) in [6.07, 6.45) is 2.45. The largest absolute Gasteiger partial charge is 0.497 e.